The van der Waals surface area contributed by atoms with Gasteiger partial charge in [-0.2, -0.15) is 0 Å². The van der Waals surface area contributed by atoms with Gasteiger partial charge in [0, 0.05) is 44.4 Å². The van der Waals surface area contributed by atoms with Crippen molar-refractivity contribution in [3.8, 4) is 11.4 Å². The van der Waals surface area contributed by atoms with Crippen molar-refractivity contribution in [2.75, 3.05) is 0 Å². The predicted molar refractivity (Wildman–Crippen MR) is 219 cm³/mol. The minimum Gasteiger partial charge on any atom is -0.320 e. The fourth-order valence-electron chi connectivity index (χ4n) is 8.01. The van der Waals surface area contributed by atoms with E-state index in [0.29, 0.717) is 0 Å². The summed E-state index contributed by atoms with van der Waals surface area (Å²) < 4.78 is 4.83. The number of nitrogens with two attached hydrogens (primary N) is 1. The molecule has 10 aromatic rings. The highest BCUT2D eigenvalue weighted by Crippen LogP contribution is 2.41. The molecule has 2 heterocycles. The topological polar surface area (TPSA) is 48.2 Å². The Bertz CT molecular complexity index is 2970. The van der Waals surface area contributed by atoms with Gasteiger partial charge in [0.1, 0.15) is 0 Å². The summed E-state index contributed by atoms with van der Waals surface area (Å²) in [6.45, 7) is 0. The number of hydrogen-bond acceptors (Lipinski definition) is 2. The normalized spacial score (nSPS) is 12.6. The molecule has 2 N–H and O–H groups in total. The average Bonchev–Trinajstić information content (AvgIpc) is 3.71. The molecular formula is C48H34N4. The molecular weight excluding hydrogens is 633 g/mol. The smallest absolute Gasteiger partial charge is 0.0681 e. The molecule has 0 aliphatic rings. The molecule has 0 aliphatic carbocycles. The van der Waals surface area contributed by atoms with Gasteiger partial charge in [0.05, 0.1) is 39.5 Å². The summed E-state index contributed by atoms with van der Waals surface area (Å²) in [6, 6.07) is 64.1. The van der Waals surface area contributed by atoms with Gasteiger partial charge >= 0.3 is 0 Å². The molecule has 52 heavy (non-hydrogen) atoms. The summed E-state index contributed by atoms with van der Waals surface area (Å²) in [5, 5.41) is 7.27. The Morgan fingerprint density at radius 3 is 1.73 bits per heavy atom. The molecule has 0 fully saturated rings. The van der Waals surface area contributed by atoms with E-state index in [-0.39, 0.29) is 6.04 Å². The second-order valence-electron chi connectivity index (χ2n) is 13.4. The van der Waals surface area contributed by atoms with Gasteiger partial charge in [-0.15, -0.1) is 0 Å². The summed E-state index contributed by atoms with van der Waals surface area (Å²) in [6.07, 6.45) is 1.98. The summed E-state index contributed by atoms with van der Waals surface area (Å²) in [4.78, 5) is 5.04. The number of aliphatic imine (C=N–C) groups is 1. The number of nitrogens with zero attached hydrogens (tertiary/aromatic N) is 3. The van der Waals surface area contributed by atoms with Crippen LogP contribution in [0.1, 0.15) is 22.7 Å². The highest BCUT2D eigenvalue weighted by atomic mass is 15.0. The van der Waals surface area contributed by atoms with E-state index in [2.05, 4.69) is 155 Å². The number of hydrogen-bond donors (Lipinski definition) is 1. The van der Waals surface area contributed by atoms with Crippen molar-refractivity contribution in [3.05, 3.63) is 199 Å². The Morgan fingerprint density at radius 1 is 0.442 bits per heavy atom. The van der Waals surface area contributed by atoms with Crippen LogP contribution in [-0.2, 0) is 0 Å². The van der Waals surface area contributed by atoms with Gasteiger partial charge in [-0.3, -0.25) is 4.99 Å². The van der Waals surface area contributed by atoms with Crippen LogP contribution in [0.25, 0.3) is 65.8 Å². The van der Waals surface area contributed by atoms with Crippen LogP contribution in [0, 0.1) is 0 Å². The van der Waals surface area contributed by atoms with Crippen LogP contribution < -0.4 is 5.73 Å². The van der Waals surface area contributed by atoms with Gasteiger partial charge in [-0.1, -0.05) is 133 Å². The molecule has 8 aromatic carbocycles. The molecule has 2 aromatic heterocycles. The third-order valence-corrected chi connectivity index (χ3v) is 10.4. The first-order valence-electron chi connectivity index (χ1n) is 17.7. The fraction of sp³-hybridized carbons (Fsp3) is 0.0208. The van der Waals surface area contributed by atoms with E-state index < -0.39 is 0 Å². The predicted octanol–water partition coefficient (Wildman–Crippen LogP) is 11.8. The van der Waals surface area contributed by atoms with Gasteiger partial charge in [0.2, 0.25) is 0 Å². The van der Waals surface area contributed by atoms with E-state index in [1.807, 2.05) is 42.6 Å². The van der Waals surface area contributed by atoms with Gasteiger partial charge < -0.3 is 14.9 Å². The number of fused-ring (bicyclic) bond motifs is 7. The minimum atomic E-state index is -0.268. The Morgan fingerprint density at radius 2 is 1.00 bits per heavy atom. The van der Waals surface area contributed by atoms with Gasteiger partial charge in [-0.25, -0.2) is 0 Å². The summed E-state index contributed by atoms with van der Waals surface area (Å²) >= 11 is 0. The molecule has 0 amide bonds. The molecule has 246 valence electrons. The fourth-order valence-corrected chi connectivity index (χ4v) is 8.01. The third kappa shape index (κ3) is 4.77. The monoisotopic (exact) mass is 666 g/mol. The van der Waals surface area contributed by atoms with Crippen molar-refractivity contribution in [2.24, 2.45) is 10.7 Å². The molecule has 0 bridgehead atoms. The highest BCUT2D eigenvalue weighted by Gasteiger charge is 2.20. The van der Waals surface area contributed by atoms with E-state index in [4.69, 9.17) is 10.7 Å². The Balaban J connectivity index is 1.17. The number of para-hydroxylation sites is 4. The molecule has 4 heteroatoms. The molecule has 1 atom stereocenters. The average molecular weight is 667 g/mol. The SMILES string of the molecule is NC(c1ccccc1)c1ccccc1/N=C/c1ccc(-n2c3ccccc3c3cc4c5ccccc5n(-c5ccccc5)c4cc32)c2ccccc12. The second kappa shape index (κ2) is 12.2. The van der Waals surface area contributed by atoms with E-state index in [9.17, 15) is 0 Å². The van der Waals surface area contributed by atoms with Crippen LogP contribution in [0.4, 0.5) is 5.69 Å². The molecule has 0 radical (unpaired) electrons. The highest BCUT2D eigenvalue weighted by molar-refractivity contribution is 6.20. The molecule has 0 spiro atoms. The third-order valence-electron chi connectivity index (χ3n) is 10.4. The Kier molecular flexibility index (Phi) is 7.08. The quantitative estimate of drug-likeness (QED) is 0.176. The maximum Gasteiger partial charge on any atom is 0.0681 e. The van der Waals surface area contributed by atoms with E-state index >= 15 is 0 Å². The lowest BCUT2D eigenvalue weighted by Crippen LogP contribution is -2.11. The number of aromatic nitrogens is 2. The summed E-state index contributed by atoms with van der Waals surface area (Å²) in [5.41, 5.74) is 17.8. The van der Waals surface area contributed by atoms with Crippen LogP contribution in [-0.4, -0.2) is 15.3 Å². The maximum atomic E-state index is 6.76. The first-order chi connectivity index (χ1) is 25.7. The van der Waals surface area contributed by atoms with Crippen LogP contribution in [0.2, 0.25) is 0 Å². The zero-order valence-electron chi connectivity index (χ0n) is 28.4. The lowest BCUT2D eigenvalue weighted by molar-refractivity contribution is 0.872. The zero-order valence-corrected chi connectivity index (χ0v) is 28.4. The van der Waals surface area contributed by atoms with Crippen LogP contribution >= 0.6 is 0 Å². The molecule has 0 saturated heterocycles. The van der Waals surface area contributed by atoms with Gasteiger partial charge in [0.15, 0.2) is 0 Å². The Hall–Kier alpha value is -6.75. The standard InChI is InChI=1S/C48H34N4/c49-48(32-15-3-1-4-16-32)39-23-9-12-24-42(39)50-31-33-27-28-45(36-20-8-7-19-35(33)36)52-44-26-14-11-22-38(44)41-29-40-37-21-10-13-25-43(37)51(46(40)30-47(41)52)34-17-5-2-6-18-34/h1-31,48H,49H2/b50-31+. The van der Waals surface area contributed by atoms with Crippen LogP contribution in [0.5, 0.6) is 0 Å². The van der Waals surface area contributed by atoms with Crippen molar-refractivity contribution in [2.45, 2.75) is 6.04 Å². The van der Waals surface area contributed by atoms with E-state index in [1.54, 1.807) is 0 Å². The maximum absolute atomic E-state index is 6.76. The molecule has 4 nitrogen and oxygen atoms in total. The second-order valence-corrected chi connectivity index (χ2v) is 13.4. The lowest BCUT2D eigenvalue weighted by Gasteiger charge is -2.15. The van der Waals surface area contributed by atoms with Crippen molar-refractivity contribution < 1.29 is 0 Å². The first kappa shape index (κ1) is 30.1. The van der Waals surface area contributed by atoms with E-state index in [0.717, 1.165) is 44.5 Å². The summed E-state index contributed by atoms with van der Waals surface area (Å²) in [7, 11) is 0. The largest absolute Gasteiger partial charge is 0.320 e. The first-order valence-corrected chi connectivity index (χ1v) is 17.7. The number of rotatable bonds is 6. The number of benzene rings is 8. The van der Waals surface area contributed by atoms with Crippen molar-refractivity contribution in [1.29, 1.82) is 0 Å². The molecule has 0 saturated carbocycles. The van der Waals surface area contributed by atoms with Crippen LogP contribution in [0.15, 0.2) is 187 Å². The van der Waals surface area contributed by atoms with Crippen molar-refractivity contribution in [3.63, 3.8) is 0 Å². The summed E-state index contributed by atoms with van der Waals surface area (Å²) in [5.74, 6) is 0. The van der Waals surface area contributed by atoms with Crippen molar-refractivity contribution in [1.82, 2.24) is 9.13 Å². The van der Waals surface area contributed by atoms with Crippen molar-refractivity contribution >= 4 is 66.3 Å². The molecule has 0 aliphatic heterocycles. The Labute approximate surface area is 301 Å². The van der Waals surface area contributed by atoms with Gasteiger partial charge in [-0.05, 0) is 65.0 Å². The van der Waals surface area contributed by atoms with Crippen LogP contribution in [0.3, 0.4) is 0 Å². The minimum absolute atomic E-state index is 0.268. The zero-order chi connectivity index (χ0) is 34.6. The molecule has 10 rings (SSSR count). The molecule has 1 unspecified atom stereocenters. The van der Waals surface area contributed by atoms with E-state index in [1.165, 1.54) is 43.6 Å². The van der Waals surface area contributed by atoms with Gasteiger partial charge in [0.25, 0.3) is 0 Å². The lowest BCUT2D eigenvalue weighted by atomic mass is 9.98.